The van der Waals surface area contributed by atoms with E-state index in [0.29, 0.717) is 44.8 Å². The standard InChI is InChI=1S/C18H23N3O6S/c1-13(22)19-14-2-4-16(5-3-14)28(24,25)21-8-6-15(7-9-21)20-18(23)17-12-26-10-11-27-17/h2-5,12,15H,6-11H2,1H3,(H,19,22)(H,20,23). The first-order valence-electron chi connectivity index (χ1n) is 8.99. The van der Waals surface area contributed by atoms with Gasteiger partial charge in [0, 0.05) is 31.7 Å². The van der Waals surface area contributed by atoms with Gasteiger partial charge in [-0.05, 0) is 37.1 Å². The maximum atomic E-state index is 12.8. The molecule has 1 saturated heterocycles. The third-order valence-electron chi connectivity index (χ3n) is 4.47. The fourth-order valence-corrected chi connectivity index (χ4v) is 4.52. The van der Waals surface area contributed by atoms with Crippen molar-refractivity contribution in [3.8, 4) is 0 Å². The number of rotatable bonds is 5. The van der Waals surface area contributed by atoms with Crippen molar-refractivity contribution in [2.45, 2.75) is 30.7 Å². The molecule has 2 aliphatic rings. The van der Waals surface area contributed by atoms with Crippen LogP contribution in [0.3, 0.4) is 0 Å². The third kappa shape index (κ3) is 4.82. The van der Waals surface area contributed by atoms with E-state index < -0.39 is 10.0 Å². The van der Waals surface area contributed by atoms with Crippen LogP contribution in [-0.2, 0) is 29.1 Å². The first kappa shape index (κ1) is 20.2. The van der Waals surface area contributed by atoms with Gasteiger partial charge in [0.1, 0.15) is 19.5 Å². The fourth-order valence-electron chi connectivity index (χ4n) is 3.05. The molecule has 0 radical (unpaired) electrons. The van der Waals surface area contributed by atoms with Crippen molar-refractivity contribution in [2.75, 3.05) is 31.6 Å². The molecule has 2 N–H and O–H groups in total. The number of carbonyl (C=O) groups is 2. The van der Waals surface area contributed by atoms with Gasteiger partial charge in [0.15, 0.2) is 0 Å². The molecule has 152 valence electrons. The Bertz CT molecular complexity index is 858. The Labute approximate surface area is 163 Å². The van der Waals surface area contributed by atoms with Crippen molar-refractivity contribution >= 4 is 27.5 Å². The van der Waals surface area contributed by atoms with Gasteiger partial charge in [-0.1, -0.05) is 0 Å². The molecule has 0 saturated carbocycles. The van der Waals surface area contributed by atoms with Crippen LogP contribution in [-0.4, -0.2) is 56.9 Å². The average Bonchev–Trinajstić information content (AvgIpc) is 2.69. The van der Waals surface area contributed by atoms with Crippen LogP contribution >= 0.6 is 0 Å². The minimum Gasteiger partial charge on any atom is -0.494 e. The lowest BCUT2D eigenvalue weighted by molar-refractivity contribution is -0.123. The van der Waals surface area contributed by atoms with Crippen LogP contribution in [0.15, 0.2) is 41.2 Å². The summed E-state index contributed by atoms with van der Waals surface area (Å²) in [6, 6.07) is 5.93. The van der Waals surface area contributed by atoms with Crippen LogP contribution < -0.4 is 10.6 Å². The maximum Gasteiger partial charge on any atom is 0.289 e. The average molecular weight is 409 g/mol. The number of hydrogen-bond donors (Lipinski definition) is 2. The zero-order chi connectivity index (χ0) is 20.1. The Kier molecular flexibility index (Phi) is 6.20. The van der Waals surface area contributed by atoms with Gasteiger partial charge in [-0.25, -0.2) is 8.42 Å². The summed E-state index contributed by atoms with van der Waals surface area (Å²) in [5.74, 6) is -0.434. The van der Waals surface area contributed by atoms with Crippen molar-refractivity contribution in [2.24, 2.45) is 0 Å². The van der Waals surface area contributed by atoms with Gasteiger partial charge in [0.25, 0.3) is 5.91 Å². The van der Waals surface area contributed by atoms with Crippen LogP contribution in [0, 0.1) is 0 Å². The minimum atomic E-state index is -3.63. The van der Waals surface area contributed by atoms with Crippen LogP contribution in [0.2, 0.25) is 0 Å². The van der Waals surface area contributed by atoms with E-state index >= 15 is 0 Å². The largest absolute Gasteiger partial charge is 0.494 e. The molecule has 0 bridgehead atoms. The fraction of sp³-hybridized carbons (Fsp3) is 0.444. The molecule has 28 heavy (non-hydrogen) atoms. The number of ether oxygens (including phenoxy) is 2. The lowest BCUT2D eigenvalue weighted by Crippen LogP contribution is -2.47. The van der Waals surface area contributed by atoms with Crippen molar-refractivity contribution < 1.29 is 27.5 Å². The Hall–Kier alpha value is -2.59. The number of sulfonamides is 1. The lowest BCUT2D eigenvalue weighted by atomic mass is 10.1. The molecule has 1 aromatic carbocycles. The smallest absolute Gasteiger partial charge is 0.289 e. The summed E-state index contributed by atoms with van der Waals surface area (Å²) in [5, 5.41) is 5.45. The molecular formula is C18H23N3O6S. The van der Waals surface area contributed by atoms with Gasteiger partial charge in [-0.15, -0.1) is 0 Å². The van der Waals surface area contributed by atoms with Crippen LogP contribution in [0.4, 0.5) is 5.69 Å². The normalized spacial score (nSPS) is 18.4. The van der Waals surface area contributed by atoms with Gasteiger partial charge in [-0.2, -0.15) is 4.31 Å². The highest BCUT2D eigenvalue weighted by Crippen LogP contribution is 2.22. The molecular weight excluding hydrogens is 386 g/mol. The first-order chi connectivity index (χ1) is 13.4. The van der Waals surface area contributed by atoms with Gasteiger partial charge >= 0.3 is 0 Å². The molecule has 0 unspecified atom stereocenters. The first-order valence-corrected chi connectivity index (χ1v) is 10.4. The van der Waals surface area contributed by atoms with Gasteiger partial charge in [-0.3, -0.25) is 9.59 Å². The highest BCUT2D eigenvalue weighted by molar-refractivity contribution is 7.89. The summed E-state index contributed by atoms with van der Waals surface area (Å²) in [5.41, 5.74) is 0.538. The number of nitrogens with zero attached hydrogens (tertiary/aromatic N) is 1. The number of anilines is 1. The van der Waals surface area contributed by atoms with E-state index in [1.165, 1.54) is 29.6 Å². The summed E-state index contributed by atoms with van der Waals surface area (Å²) in [6.45, 7) is 2.74. The summed E-state index contributed by atoms with van der Waals surface area (Å²) >= 11 is 0. The van der Waals surface area contributed by atoms with E-state index in [1.807, 2.05) is 0 Å². The summed E-state index contributed by atoms with van der Waals surface area (Å²) in [6.07, 6.45) is 2.30. The second kappa shape index (κ2) is 8.61. The molecule has 9 nitrogen and oxygen atoms in total. The Balaban J connectivity index is 1.56. The maximum absolute atomic E-state index is 12.8. The molecule has 0 aliphatic carbocycles. The Morgan fingerprint density at radius 2 is 1.79 bits per heavy atom. The molecule has 2 aliphatic heterocycles. The summed E-state index contributed by atoms with van der Waals surface area (Å²) < 4.78 is 37.3. The number of carbonyl (C=O) groups excluding carboxylic acids is 2. The third-order valence-corrected chi connectivity index (χ3v) is 6.39. The van der Waals surface area contributed by atoms with Crippen LogP contribution in [0.25, 0.3) is 0 Å². The highest BCUT2D eigenvalue weighted by Gasteiger charge is 2.30. The number of nitrogens with one attached hydrogen (secondary N) is 2. The Morgan fingerprint density at radius 3 is 2.36 bits per heavy atom. The number of piperidine rings is 1. The lowest BCUT2D eigenvalue weighted by Gasteiger charge is -2.31. The SMILES string of the molecule is CC(=O)Nc1ccc(S(=O)(=O)N2CCC(NC(=O)C3=COCCO3)CC2)cc1. The Morgan fingerprint density at radius 1 is 1.11 bits per heavy atom. The molecule has 0 atom stereocenters. The van der Waals surface area contributed by atoms with E-state index in [4.69, 9.17) is 9.47 Å². The number of amides is 2. The molecule has 0 aromatic heterocycles. The molecule has 2 heterocycles. The topological polar surface area (TPSA) is 114 Å². The van der Waals surface area contributed by atoms with E-state index in [2.05, 4.69) is 10.6 Å². The molecule has 1 fully saturated rings. The van der Waals surface area contributed by atoms with Crippen molar-refractivity contribution in [1.29, 1.82) is 0 Å². The van der Waals surface area contributed by atoms with Crippen molar-refractivity contribution in [1.82, 2.24) is 9.62 Å². The summed E-state index contributed by atoms with van der Waals surface area (Å²) in [4.78, 5) is 23.4. The molecule has 10 heteroatoms. The zero-order valence-electron chi connectivity index (χ0n) is 15.5. The monoisotopic (exact) mass is 409 g/mol. The van der Waals surface area contributed by atoms with E-state index in [9.17, 15) is 18.0 Å². The zero-order valence-corrected chi connectivity index (χ0v) is 16.3. The number of hydrogen-bond acceptors (Lipinski definition) is 6. The predicted octanol–water partition coefficient (Wildman–Crippen LogP) is 0.803. The van der Waals surface area contributed by atoms with Crippen molar-refractivity contribution in [3.05, 3.63) is 36.3 Å². The molecule has 0 spiro atoms. The van der Waals surface area contributed by atoms with Crippen molar-refractivity contribution in [3.63, 3.8) is 0 Å². The second-order valence-corrected chi connectivity index (χ2v) is 8.50. The van der Waals surface area contributed by atoms with Gasteiger partial charge < -0.3 is 20.1 Å². The van der Waals surface area contributed by atoms with Gasteiger partial charge in [0.2, 0.25) is 21.7 Å². The molecule has 3 rings (SSSR count). The quantitative estimate of drug-likeness (QED) is 0.744. The van der Waals surface area contributed by atoms with E-state index in [-0.39, 0.29) is 28.5 Å². The van der Waals surface area contributed by atoms with Crippen LogP contribution in [0.5, 0.6) is 0 Å². The minimum absolute atomic E-state index is 0.132. The number of benzene rings is 1. The van der Waals surface area contributed by atoms with E-state index in [0.717, 1.165) is 0 Å². The van der Waals surface area contributed by atoms with E-state index in [1.54, 1.807) is 12.1 Å². The predicted molar refractivity (Wildman–Crippen MR) is 101 cm³/mol. The van der Waals surface area contributed by atoms with Crippen LogP contribution in [0.1, 0.15) is 19.8 Å². The molecule has 1 aromatic rings. The summed E-state index contributed by atoms with van der Waals surface area (Å²) in [7, 11) is -3.63. The second-order valence-electron chi connectivity index (χ2n) is 6.56. The molecule has 2 amide bonds. The van der Waals surface area contributed by atoms with Gasteiger partial charge in [0.05, 0.1) is 4.90 Å². The highest BCUT2D eigenvalue weighted by atomic mass is 32.2.